The fourth-order valence-corrected chi connectivity index (χ4v) is 4.37. The van der Waals surface area contributed by atoms with Crippen molar-refractivity contribution in [3.05, 3.63) is 69.2 Å². The highest BCUT2D eigenvalue weighted by molar-refractivity contribution is 6.35. The average Bonchev–Trinajstić information content (AvgIpc) is 3.20. The molecule has 1 fully saturated rings. The third-order valence-electron chi connectivity index (χ3n) is 5.66. The van der Waals surface area contributed by atoms with E-state index in [2.05, 4.69) is 5.32 Å². The Hall–Kier alpha value is -2.04. The number of halogens is 2. The van der Waals surface area contributed by atoms with Crippen LogP contribution >= 0.6 is 23.2 Å². The normalized spacial score (nSPS) is 15.1. The van der Waals surface area contributed by atoms with Gasteiger partial charge in [0.25, 0.3) is 0 Å². The molecule has 3 rings (SSSR count). The van der Waals surface area contributed by atoms with Crippen LogP contribution < -0.4 is 5.32 Å². The summed E-state index contributed by atoms with van der Waals surface area (Å²) in [5, 5.41) is 4.13. The molecule has 0 radical (unpaired) electrons. The van der Waals surface area contributed by atoms with Crippen molar-refractivity contribution in [2.24, 2.45) is 0 Å². The van der Waals surface area contributed by atoms with E-state index in [4.69, 9.17) is 23.2 Å². The molecule has 160 valence electrons. The predicted molar refractivity (Wildman–Crippen MR) is 122 cm³/mol. The van der Waals surface area contributed by atoms with E-state index in [0.717, 1.165) is 42.4 Å². The summed E-state index contributed by atoms with van der Waals surface area (Å²) >= 11 is 12.4. The molecule has 1 aliphatic carbocycles. The first-order valence-electron chi connectivity index (χ1n) is 10.4. The van der Waals surface area contributed by atoms with Gasteiger partial charge < -0.3 is 10.2 Å². The predicted octanol–water partition coefficient (Wildman–Crippen LogP) is 5.32. The Labute approximate surface area is 188 Å². The van der Waals surface area contributed by atoms with Gasteiger partial charge in [-0.2, -0.15) is 0 Å². The number of aryl methyl sites for hydroxylation is 1. The first kappa shape index (κ1) is 22.6. The number of amides is 2. The highest BCUT2D eigenvalue weighted by Gasteiger charge is 2.29. The van der Waals surface area contributed by atoms with E-state index >= 15 is 0 Å². The zero-order valence-corrected chi connectivity index (χ0v) is 19.0. The quantitative estimate of drug-likeness (QED) is 0.625. The van der Waals surface area contributed by atoms with Crippen LogP contribution in [-0.4, -0.2) is 28.8 Å². The van der Waals surface area contributed by atoms with Crippen LogP contribution in [0.2, 0.25) is 10.0 Å². The largest absolute Gasteiger partial charge is 0.352 e. The van der Waals surface area contributed by atoms with Gasteiger partial charge in [0.2, 0.25) is 11.8 Å². The second kappa shape index (κ2) is 10.3. The lowest BCUT2D eigenvalue weighted by atomic mass is 10.1. The van der Waals surface area contributed by atoms with Crippen LogP contribution in [0.1, 0.15) is 49.3 Å². The number of carbonyl (C=O) groups is 2. The standard InChI is InChI=1S/C24H28Cl2N2O2/c1-16-6-5-7-18(12-16)13-23(29)28(15-19-10-11-20(25)14-22(19)26)17(2)24(30)27-21-8-3-4-9-21/h5-7,10-12,14,17,21H,3-4,8-9,13,15H2,1-2H3,(H,27,30)/t17-/m1/s1. The minimum Gasteiger partial charge on any atom is -0.352 e. The van der Waals surface area contributed by atoms with Crippen molar-refractivity contribution in [2.75, 3.05) is 0 Å². The third-order valence-corrected chi connectivity index (χ3v) is 6.25. The van der Waals surface area contributed by atoms with Gasteiger partial charge in [-0.3, -0.25) is 9.59 Å². The maximum absolute atomic E-state index is 13.3. The Morgan fingerprint density at radius 2 is 1.87 bits per heavy atom. The van der Waals surface area contributed by atoms with E-state index < -0.39 is 6.04 Å². The topological polar surface area (TPSA) is 49.4 Å². The van der Waals surface area contributed by atoms with Gasteiger partial charge >= 0.3 is 0 Å². The average molecular weight is 447 g/mol. The minimum absolute atomic E-state index is 0.110. The molecule has 2 aromatic rings. The van der Waals surface area contributed by atoms with Crippen LogP contribution in [0, 0.1) is 6.92 Å². The lowest BCUT2D eigenvalue weighted by Crippen LogP contribution is -2.50. The molecule has 1 aliphatic rings. The third kappa shape index (κ3) is 5.99. The molecule has 1 N–H and O–H groups in total. The molecule has 30 heavy (non-hydrogen) atoms. The summed E-state index contributed by atoms with van der Waals surface area (Å²) in [6.07, 6.45) is 4.50. The second-order valence-corrected chi connectivity index (χ2v) is 8.93. The van der Waals surface area contributed by atoms with Crippen LogP contribution in [0.3, 0.4) is 0 Å². The summed E-state index contributed by atoms with van der Waals surface area (Å²) in [6, 6.07) is 12.7. The number of rotatable bonds is 7. The van der Waals surface area contributed by atoms with Gasteiger partial charge in [0, 0.05) is 22.6 Å². The number of carbonyl (C=O) groups excluding carboxylic acids is 2. The smallest absolute Gasteiger partial charge is 0.242 e. The summed E-state index contributed by atoms with van der Waals surface area (Å²) in [6.45, 7) is 4.03. The van der Waals surface area contributed by atoms with E-state index in [0.29, 0.717) is 10.0 Å². The maximum Gasteiger partial charge on any atom is 0.242 e. The number of hydrogen-bond acceptors (Lipinski definition) is 2. The monoisotopic (exact) mass is 446 g/mol. The highest BCUT2D eigenvalue weighted by atomic mass is 35.5. The molecule has 0 aliphatic heterocycles. The zero-order valence-electron chi connectivity index (χ0n) is 17.5. The number of nitrogens with one attached hydrogen (secondary N) is 1. The molecular weight excluding hydrogens is 419 g/mol. The van der Waals surface area contributed by atoms with Gasteiger partial charge in [0.1, 0.15) is 6.04 Å². The molecule has 6 heteroatoms. The highest BCUT2D eigenvalue weighted by Crippen LogP contribution is 2.24. The second-order valence-electron chi connectivity index (χ2n) is 8.09. The van der Waals surface area contributed by atoms with Crippen molar-refractivity contribution in [2.45, 2.75) is 64.6 Å². The van der Waals surface area contributed by atoms with Gasteiger partial charge in [-0.05, 0) is 49.9 Å². The molecule has 2 aromatic carbocycles. The molecule has 0 unspecified atom stereocenters. The van der Waals surface area contributed by atoms with Crippen molar-refractivity contribution in [3.63, 3.8) is 0 Å². The lowest BCUT2D eigenvalue weighted by Gasteiger charge is -2.30. The van der Waals surface area contributed by atoms with Crippen molar-refractivity contribution in [1.82, 2.24) is 10.2 Å². The number of benzene rings is 2. The van der Waals surface area contributed by atoms with Crippen molar-refractivity contribution in [3.8, 4) is 0 Å². The molecular formula is C24H28Cl2N2O2. The Balaban J connectivity index is 1.80. The molecule has 2 amide bonds. The Kier molecular flexibility index (Phi) is 7.79. The van der Waals surface area contributed by atoms with E-state index in [9.17, 15) is 9.59 Å². The Morgan fingerprint density at radius 1 is 1.13 bits per heavy atom. The molecule has 4 nitrogen and oxygen atoms in total. The van der Waals surface area contributed by atoms with Crippen molar-refractivity contribution in [1.29, 1.82) is 0 Å². The fraction of sp³-hybridized carbons (Fsp3) is 0.417. The van der Waals surface area contributed by atoms with Crippen molar-refractivity contribution >= 4 is 35.0 Å². The molecule has 0 saturated heterocycles. The first-order valence-corrected chi connectivity index (χ1v) is 11.2. The van der Waals surface area contributed by atoms with Gasteiger partial charge in [-0.15, -0.1) is 0 Å². The summed E-state index contributed by atoms with van der Waals surface area (Å²) in [5.41, 5.74) is 2.79. The van der Waals surface area contributed by atoms with Gasteiger partial charge in [-0.1, -0.05) is 71.9 Å². The maximum atomic E-state index is 13.3. The number of nitrogens with zero attached hydrogens (tertiary/aromatic N) is 1. The van der Waals surface area contributed by atoms with E-state index in [1.54, 1.807) is 30.0 Å². The van der Waals surface area contributed by atoms with Gasteiger partial charge in [0.15, 0.2) is 0 Å². The fourth-order valence-electron chi connectivity index (χ4n) is 3.91. The molecule has 0 spiro atoms. The van der Waals surface area contributed by atoms with E-state index in [1.807, 2.05) is 31.2 Å². The summed E-state index contributed by atoms with van der Waals surface area (Å²) in [4.78, 5) is 27.8. The summed E-state index contributed by atoms with van der Waals surface area (Å²) in [5.74, 6) is -0.231. The molecule has 0 bridgehead atoms. The van der Waals surface area contributed by atoms with Crippen LogP contribution in [0.15, 0.2) is 42.5 Å². The summed E-state index contributed by atoms with van der Waals surface area (Å²) in [7, 11) is 0. The summed E-state index contributed by atoms with van der Waals surface area (Å²) < 4.78 is 0. The van der Waals surface area contributed by atoms with Crippen LogP contribution in [-0.2, 0) is 22.6 Å². The number of hydrogen-bond donors (Lipinski definition) is 1. The zero-order chi connectivity index (χ0) is 21.7. The van der Waals surface area contributed by atoms with Crippen LogP contribution in [0.4, 0.5) is 0 Å². The Bertz CT molecular complexity index is 910. The van der Waals surface area contributed by atoms with Crippen molar-refractivity contribution < 1.29 is 9.59 Å². The SMILES string of the molecule is Cc1cccc(CC(=O)N(Cc2ccc(Cl)cc2Cl)[C@H](C)C(=O)NC2CCCC2)c1. The van der Waals surface area contributed by atoms with Gasteiger partial charge in [-0.25, -0.2) is 0 Å². The molecule has 1 saturated carbocycles. The lowest BCUT2D eigenvalue weighted by molar-refractivity contribution is -0.140. The van der Waals surface area contributed by atoms with E-state index in [-0.39, 0.29) is 30.8 Å². The van der Waals surface area contributed by atoms with Crippen LogP contribution in [0.5, 0.6) is 0 Å². The van der Waals surface area contributed by atoms with Gasteiger partial charge in [0.05, 0.1) is 6.42 Å². The Morgan fingerprint density at radius 3 is 2.53 bits per heavy atom. The van der Waals surface area contributed by atoms with Crippen LogP contribution in [0.25, 0.3) is 0 Å². The van der Waals surface area contributed by atoms with E-state index in [1.165, 1.54) is 0 Å². The molecule has 1 atom stereocenters. The molecule has 0 heterocycles. The first-order chi connectivity index (χ1) is 14.3. The minimum atomic E-state index is -0.602. The molecule has 0 aromatic heterocycles.